The first-order valence-corrected chi connectivity index (χ1v) is 2.77. The van der Waals surface area contributed by atoms with E-state index in [2.05, 4.69) is 20.6 Å². The highest BCUT2D eigenvalue weighted by molar-refractivity contribution is 5.89. The zero-order valence-electron chi connectivity index (χ0n) is 5.51. The van der Waals surface area contributed by atoms with Crippen molar-refractivity contribution in [3.8, 4) is 0 Å². The third-order valence-electron chi connectivity index (χ3n) is 0.860. The van der Waals surface area contributed by atoms with Crippen molar-refractivity contribution < 1.29 is 4.79 Å². The van der Waals surface area contributed by atoms with E-state index in [1.807, 2.05) is 0 Å². The highest BCUT2D eigenvalue weighted by atomic mass is 16.1. The fraction of sp³-hybridized carbons (Fsp3) is 0. The summed E-state index contributed by atoms with van der Waals surface area (Å²) in [7, 11) is 0. The Morgan fingerprint density at radius 1 is 1.55 bits per heavy atom. The van der Waals surface area contributed by atoms with Crippen molar-refractivity contribution in [1.82, 2.24) is 20.6 Å². The maximum Gasteiger partial charge on any atom is 0.241 e. The molecule has 0 aliphatic heterocycles. The lowest BCUT2D eigenvalue weighted by atomic mass is 10.4. The summed E-state index contributed by atoms with van der Waals surface area (Å²) in [6.07, 6.45) is 3.95. The maximum absolute atomic E-state index is 10.2. The average molecular weight is 151 g/mol. The Morgan fingerprint density at radius 2 is 2.36 bits per heavy atom. The van der Waals surface area contributed by atoms with Gasteiger partial charge in [-0.3, -0.25) is 4.79 Å². The van der Waals surface area contributed by atoms with E-state index in [0.717, 1.165) is 0 Å². The molecule has 0 aliphatic rings. The number of amides is 1. The van der Waals surface area contributed by atoms with Crippen LogP contribution < -0.4 is 5.73 Å². The van der Waals surface area contributed by atoms with Gasteiger partial charge in [0.05, 0.1) is 6.20 Å². The number of primary amides is 1. The van der Waals surface area contributed by atoms with Crippen LogP contribution >= 0.6 is 0 Å². The molecule has 0 bridgehead atoms. The predicted octanol–water partition coefficient (Wildman–Crippen LogP) is -1.23. The van der Waals surface area contributed by atoms with Gasteiger partial charge >= 0.3 is 0 Å². The lowest BCUT2D eigenvalue weighted by Gasteiger charge is -1.84. The molecule has 0 saturated carbocycles. The van der Waals surface area contributed by atoms with Crippen LogP contribution in [0.5, 0.6) is 0 Å². The van der Waals surface area contributed by atoms with Gasteiger partial charge in [-0.2, -0.15) is 0 Å². The van der Waals surface area contributed by atoms with E-state index in [1.165, 1.54) is 18.3 Å². The Hall–Kier alpha value is -1.85. The minimum Gasteiger partial charge on any atom is -0.366 e. The minimum atomic E-state index is -0.538. The van der Waals surface area contributed by atoms with Crippen molar-refractivity contribution in [3.63, 3.8) is 0 Å². The number of rotatable bonds is 2. The van der Waals surface area contributed by atoms with Crippen molar-refractivity contribution in [1.29, 1.82) is 0 Å². The molecule has 1 aromatic rings. The smallest absolute Gasteiger partial charge is 0.241 e. The number of carbonyl (C=O) groups is 1. The highest BCUT2D eigenvalue weighted by Crippen LogP contribution is 1.89. The molecule has 0 radical (unpaired) electrons. The molecule has 1 amide bonds. The summed E-state index contributed by atoms with van der Waals surface area (Å²) in [5.41, 5.74) is 5.27. The predicted molar refractivity (Wildman–Crippen MR) is 35.9 cm³/mol. The summed E-state index contributed by atoms with van der Waals surface area (Å²) >= 11 is 0. The third kappa shape index (κ3) is 2.48. The van der Waals surface area contributed by atoms with Gasteiger partial charge in [0.1, 0.15) is 5.69 Å². The van der Waals surface area contributed by atoms with Crippen molar-refractivity contribution in [2.45, 2.75) is 0 Å². The second kappa shape index (κ2) is 3.35. The van der Waals surface area contributed by atoms with E-state index in [4.69, 9.17) is 5.73 Å². The van der Waals surface area contributed by atoms with Crippen LogP contribution in [0.4, 0.5) is 0 Å². The quantitative estimate of drug-likeness (QED) is 0.533. The van der Waals surface area contributed by atoms with Crippen molar-refractivity contribution in [2.24, 2.45) is 5.73 Å². The minimum absolute atomic E-state index is 0.443. The van der Waals surface area contributed by atoms with Crippen LogP contribution in [0.25, 0.3) is 6.08 Å². The largest absolute Gasteiger partial charge is 0.366 e. The van der Waals surface area contributed by atoms with Gasteiger partial charge in [-0.15, -0.1) is 10.2 Å². The SMILES string of the molecule is NC(=O)C=Cc1cnnnn1. The molecule has 2 N–H and O–H groups in total. The molecule has 1 rings (SSSR count). The fourth-order valence-corrected chi connectivity index (χ4v) is 0.449. The topological polar surface area (TPSA) is 94.7 Å². The van der Waals surface area contributed by atoms with Gasteiger partial charge in [-0.05, 0) is 16.5 Å². The number of hydrogen-bond acceptors (Lipinski definition) is 5. The van der Waals surface area contributed by atoms with Gasteiger partial charge in [0.15, 0.2) is 0 Å². The molecule has 11 heavy (non-hydrogen) atoms. The van der Waals surface area contributed by atoms with Gasteiger partial charge in [0, 0.05) is 6.08 Å². The first-order chi connectivity index (χ1) is 5.29. The Balaban J connectivity index is 2.72. The Bertz CT molecular complexity index is 269. The Labute approximate surface area is 62.1 Å². The average Bonchev–Trinajstić information content (AvgIpc) is 2.03. The van der Waals surface area contributed by atoms with E-state index in [1.54, 1.807) is 0 Å². The molecule has 6 heteroatoms. The Morgan fingerprint density at radius 3 is 2.91 bits per heavy atom. The zero-order chi connectivity index (χ0) is 8.10. The molecule has 6 nitrogen and oxygen atoms in total. The maximum atomic E-state index is 10.2. The summed E-state index contributed by atoms with van der Waals surface area (Å²) in [4.78, 5) is 10.2. The number of nitrogens with zero attached hydrogens (tertiary/aromatic N) is 4. The number of nitrogens with two attached hydrogens (primary N) is 1. The first kappa shape index (κ1) is 7.26. The lowest BCUT2D eigenvalue weighted by molar-refractivity contribution is -0.113. The second-order valence-corrected chi connectivity index (χ2v) is 1.68. The normalized spacial score (nSPS) is 10.2. The first-order valence-electron chi connectivity index (χ1n) is 2.77. The van der Waals surface area contributed by atoms with Gasteiger partial charge in [0.25, 0.3) is 0 Å². The van der Waals surface area contributed by atoms with Crippen molar-refractivity contribution >= 4 is 12.0 Å². The third-order valence-corrected chi connectivity index (χ3v) is 0.860. The summed E-state index contributed by atoms with van der Waals surface area (Å²) in [6, 6.07) is 0. The summed E-state index contributed by atoms with van der Waals surface area (Å²) in [5, 5.41) is 13.4. The van der Waals surface area contributed by atoms with E-state index in [-0.39, 0.29) is 0 Å². The van der Waals surface area contributed by atoms with E-state index in [0.29, 0.717) is 5.69 Å². The van der Waals surface area contributed by atoms with Gasteiger partial charge < -0.3 is 5.73 Å². The van der Waals surface area contributed by atoms with Crippen LogP contribution in [0.2, 0.25) is 0 Å². The molecule has 1 heterocycles. The molecule has 56 valence electrons. The number of hydrogen-bond donors (Lipinski definition) is 1. The van der Waals surface area contributed by atoms with Crippen LogP contribution in [0, 0.1) is 0 Å². The summed E-state index contributed by atoms with van der Waals surface area (Å²) in [5.74, 6) is -0.538. The van der Waals surface area contributed by atoms with E-state index < -0.39 is 5.91 Å². The highest BCUT2D eigenvalue weighted by Gasteiger charge is 1.88. The van der Waals surface area contributed by atoms with Crippen LogP contribution in [0.3, 0.4) is 0 Å². The lowest BCUT2D eigenvalue weighted by Crippen LogP contribution is -2.05. The molecule has 0 saturated heterocycles. The molecular formula is C5H5N5O. The van der Waals surface area contributed by atoms with Crippen LogP contribution in [0.1, 0.15) is 5.69 Å². The van der Waals surface area contributed by atoms with Crippen molar-refractivity contribution in [3.05, 3.63) is 18.0 Å². The van der Waals surface area contributed by atoms with Gasteiger partial charge in [-0.25, -0.2) is 0 Å². The van der Waals surface area contributed by atoms with Gasteiger partial charge in [-0.1, -0.05) is 0 Å². The molecule has 0 unspecified atom stereocenters. The standard InChI is InChI=1S/C5H5N5O/c6-5(11)2-1-4-3-7-9-10-8-4/h1-3H,(H2,6,11). The number of carbonyl (C=O) groups excluding carboxylic acids is 1. The second-order valence-electron chi connectivity index (χ2n) is 1.68. The fourth-order valence-electron chi connectivity index (χ4n) is 0.449. The molecular weight excluding hydrogens is 146 g/mol. The molecule has 0 aromatic carbocycles. The van der Waals surface area contributed by atoms with Crippen molar-refractivity contribution in [2.75, 3.05) is 0 Å². The molecule has 0 spiro atoms. The molecule has 0 atom stereocenters. The molecule has 0 fully saturated rings. The summed E-state index contributed by atoms with van der Waals surface area (Å²) in [6.45, 7) is 0. The van der Waals surface area contributed by atoms with Crippen LogP contribution in [0.15, 0.2) is 12.3 Å². The number of aromatic nitrogens is 4. The van der Waals surface area contributed by atoms with Crippen LogP contribution in [-0.2, 0) is 4.79 Å². The van der Waals surface area contributed by atoms with Gasteiger partial charge in [0.2, 0.25) is 5.91 Å². The zero-order valence-corrected chi connectivity index (χ0v) is 5.51. The Kier molecular flexibility index (Phi) is 2.21. The molecule has 0 aliphatic carbocycles. The van der Waals surface area contributed by atoms with E-state index >= 15 is 0 Å². The van der Waals surface area contributed by atoms with E-state index in [9.17, 15) is 4.79 Å². The molecule has 1 aromatic heterocycles. The monoisotopic (exact) mass is 151 g/mol. The summed E-state index contributed by atoms with van der Waals surface area (Å²) < 4.78 is 0. The van der Waals surface area contributed by atoms with Crippen LogP contribution in [-0.4, -0.2) is 26.5 Å².